The van der Waals surface area contributed by atoms with Gasteiger partial charge in [0.2, 0.25) is 0 Å². The van der Waals surface area contributed by atoms with E-state index in [0.29, 0.717) is 10.2 Å². The van der Waals surface area contributed by atoms with Crippen LogP contribution in [0.2, 0.25) is 10.0 Å². The van der Waals surface area contributed by atoms with E-state index in [2.05, 4.69) is 9.97 Å². The van der Waals surface area contributed by atoms with Crippen LogP contribution in [0.25, 0.3) is 10.2 Å². The van der Waals surface area contributed by atoms with E-state index < -0.39 is 24.3 Å². The molecule has 30 heavy (non-hydrogen) atoms. The van der Waals surface area contributed by atoms with Crippen molar-refractivity contribution in [2.24, 2.45) is 0 Å². The minimum atomic E-state index is -0.831. The number of carbonyl (C=O) groups excluding carboxylic acids is 3. The number of aromatic amines is 1. The number of aromatic nitrogens is 2. The molecule has 0 aliphatic carbocycles. The third-order valence-corrected chi connectivity index (χ3v) is 6.58. The molecule has 4 rings (SSSR count). The van der Waals surface area contributed by atoms with Crippen LogP contribution in [0.15, 0.2) is 16.9 Å². The van der Waals surface area contributed by atoms with Crippen molar-refractivity contribution in [2.45, 2.75) is 20.5 Å². The fourth-order valence-electron chi connectivity index (χ4n) is 3.12. The molecule has 2 aromatic heterocycles. The van der Waals surface area contributed by atoms with Gasteiger partial charge in [-0.2, -0.15) is 0 Å². The van der Waals surface area contributed by atoms with Crippen molar-refractivity contribution in [3.8, 4) is 0 Å². The molecule has 154 valence electrons. The lowest BCUT2D eigenvalue weighted by molar-refractivity contribution is -0.145. The number of nitrogens with one attached hydrogen (secondary N) is 1. The lowest BCUT2D eigenvalue weighted by Crippen LogP contribution is -2.35. The number of benzene rings is 1. The number of ether oxygens (including phenoxy) is 1. The van der Waals surface area contributed by atoms with E-state index in [0.717, 1.165) is 15.3 Å². The van der Waals surface area contributed by atoms with Gasteiger partial charge in [-0.3, -0.25) is 24.1 Å². The number of amides is 2. The van der Waals surface area contributed by atoms with E-state index in [1.165, 1.54) is 23.5 Å². The summed E-state index contributed by atoms with van der Waals surface area (Å²) in [7, 11) is 0. The van der Waals surface area contributed by atoms with Crippen molar-refractivity contribution in [1.29, 1.82) is 0 Å². The van der Waals surface area contributed by atoms with Crippen LogP contribution in [0.3, 0.4) is 0 Å². The fraction of sp³-hybridized carbons (Fsp3) is 0.211. The fourth-order valence-corrected chi connectivity index (χ4v) is 4.49. The first kappa shape index (κ1) is 20.5. The number of carbonyl (C=O) groups is 3. The number of hydrogen-bond acceptors (Lipinski definition) is 7. The number of halogens is 2. The molecule has 8 nitrogen and oxygen atoms in total. The lowest BCUT2D eigenvalue weighted by atomic mass is 10.1. The number of hydrogen-bond donors (Lipinski definition) is 1. The highest BCUT2D eigenvalue weighted by Crippen LogP contribution is 2.31. The smallest absolute Gasteiger partial charge is 0.326 e. The van der Waals surface area contributed by atoms with Gasteiger partial charge in [-0.15, -0.1) is 11.3 Å². The van der Waals surface area contributed by atoms with Crippen LogP contribution < -0.4 is 5.56 Å². The summed E-state index contributed by atoms with van der Waals surface area (Å²) in [5.41, 5.74) is 0.685. The van der Waals surface area contributed by atoms with Crippen molar-refractivity contribution >= 4 is 62.5 Å². The molecule has 0 fully saturated rings. The Morgan fingerprint density at radius 2 is 1.73 bits per heavy atom. The monoisotopic (exact) mass is 465 g/mol. The van der Waals surface area contributed by atoms with E-state index in [-0.39, 0.29) is 39.2 Å². The molecule has 0 atom stereocenters. The van der Waals surface area contributed by atoms with Crippen LogP contribution in [-0.2, 0) is 16.1 Å². The second-order valence-corrected chi connectivity index (χ2v) is 8.66. The molecule has 1 aliphatic rings. The molecule has 1 N–H and O–H groups in total. The molecule has 0 spiro atoms. The maximum Gasteiger partial charge on any atom is 0.326 e. The highest BCUT2D eigenvalue weighted by Gasteiger charge is 2.37. The normalized spacial score (nSPS) is 13.3. The highest BCUT2D eigenvalue weighted by atomic mass is 35.5. The van der Waals surface area contributed by atoms with E-state index >= 15 is 0 Å². The average Bonchev–Trinajstić information content (AvgIpc) is 3.09. The van der Waals surface area contributed by atoms with E-state index in [9.17, 15) is 19.2 Å². The maximum atomic E-state index is 12.4. The predicted octanol–water partition coefficient (Wildman–Crippen LogP) is 3.25. The van der Waals surface area contributed by atoms with Gasteiger partial charge in [0.1, 0.15) is 23.8 Å². The first-order valence-corrected chi connectivity index (χ1v) is 10.2. The zero-order valence-corrected chi connectivity index (χ0v) is 18.0. The molecule has 1 aliphatic heterocycles. The molecule has 0 radical (unpaired) electrons. The molecule has 3 heterocycles. The van der Waals surface area contributed by atoms with Crippen LogP contribution in [-0.4, -0.2) is 39.2 Å². The number of fused-ring (bicyclic) bond motifs is 2. The summed E-state index contributed by atoms with van der Waals surface area (Å²) < 4.78 is 5.11. The Labute approximate surface area is 183 Å². The van der Waals surface area contributed by atoms with Gasteiger partial charge in [-0.25, -0.2) is 4.98 Å². The Morgan fingerprint density at radius 3 is 2.33 bits per heavy atom. The Hall–Kier alpha value is -2.75. The van der Waals surface area contributed by atoms with E-state index in [4.69, 9.17) is 27.9 Å². The second kappa shape index (κ2) is 7.50. The number of thiophene rings is 1. The molecule has 0 unspecified atom stereocenters. The van der Waals surface area contributed by atoms with Gasteiger partial charge in [0.15, 0.2) is 0 Å². The SMILES string of the molecule is Cc1sc2nc(COC(=O)CN3C(=O)c4cc(Cl)c(Cl)cc4C3=O)[nH]c(=O)c2c1C. The summed E-state index contributed by atoms with van der Waals surface area (Å²) in [5.74, 6) is -1.99. The summed E-state index contributed by atoms with van der Waals surface area (Å²) in [6.45, 7) is 2.84. The zero-order valence-electron chi connectivity index (χ0n) is 15.7. The topological polar surface area (TPSA) is 109 Å². The molecular weight excluding hydrogens is 453 g/mol. The quantitative estimate of drug-likeness (QED) is 0.467. The minimum Gasteiger partial charge on any atom is -0.456 e. The van der Waals surface area contributed by atoms with Crippen molar-refractivity contribution in [3.63, 3.8) is 0 Å². The number of imide groups is 1. The molecule has 2 amide bonds. The summed E-state index contributed by atoms with van der Waals surface area (Å²) in [6.07, 6.45) is 0. The Bertz CT molecular complexity index is 1270. The highest BCUT2D eigenvalue weighted by molar-refractivity contribution is 7.18. The van der Waals surface area contributed by atoms with Crippen LogP contribution in [0.5, 0.6) is 0 Å². The second-order valence-electron chi connectivity index (χ2n) is 6.65. The first-order valence-electron chi connectivity index (χ1n) is 8.67. The molecule has 3 aromatic rings. The van der Waals surface area contributed by atoms with Gasteiger partial charge >= 0.3 is 5.97 Å². The predicted molar refractivity (Wildman–Crippen MR) is 111 cm³/mol. The van der Waals surface area contributed by atoms with Crippen molar-refractivity contribution in [2.75, 3.05) is 6.54 Å². The van der Waals surface area contributed by atoms with Crippen molar-refractivity contribution < 1.29 is 19.1 Å². The summed E-state index contributed by atoms with van der Waals surface area (Å²) in [5, 5.41) is 0.770. The molecule has 0 saturated carbocycles. The maximum absolute atomic E-state index is 12.4. The third-order valence-electron chi connectivity index (χ3n) is 4.76. The van der Waals surface area contributed by atoms with Crippen LogP contribution in [0.1, 0.15) is 37.0 Å². The van der Waals surface area contributed by atoms with E-state index in [1.54, 1.807) is 0 Å². The third kappa shape index (κ3) is 3.38. The van der Waals surface area contributed by atoms with Gasteiger partial charge < -0.3 is 9.72 Å². The van der Waals surface area contributed by atoms with Crippen molar-refractivity contribution in [3.05, 3.63) is 59.9 Å². The van der Waals surface area contributed by atoms with Gasteiger partial charge in [-0.05, 0) is 31.5 Å². The van der Waals surface area contributed by atoms with Gasteiger partial charge in [0.25, 0.3) is 17.4 Å². The van der Waals surface area contributed by atoms with Crippen LogP contribution >= 0.6 is 34.5 Å². The zero-order chi connectivity index (χ0) is 21.7. The standard InChI is InChI=1S/C19H13Cl2N3O5S/c1-7-8(2)30-17-15(7)16(26)22-13(23-17)6-29-14(25)5-24-18(27)9-3-11(20)12(21)4-10(9)19(24)28/h3-4H,5-6H2,1-2H3,(H,22,23,26). The average molecular weight is 466 g/mol. The van der Waals surface area contributed by atoms with Gasteiger partial charge in [0, 0.05) is 4.88 Å². The molecule has 0 saturated heterocycles. The Kier molecular flexibility index (Phi) is 5.13. The van der Waals surface area contributed by atoms with Gasteiger partial charge in [-0.1, -0.05) is 23.2 Å². The Balaban J connectivity index is 1.47. The van der Waals surface area contributed by atoms with Gasteiger partial charge in [0.05, 0.1) is 26.6 Å². The molecule has 11 heteroatoms. The summed E-state index contributed by atoms with van der Waals surface area (Å²) in [6, 6.07) is 2.58. The number of aryl methyl sites for hydroxylation is 2. The van der Waals surface area contributed by atoms with Crippen LogP contribution in [0, 0.1) is 13.8 Å². The largest absolute Gasteiger partial charge is 0.456 e. The number of nitrogens with zero attached hydrogens (tertiary/aromatic N) is 2. The molecular formula is C19H13Cl2N3O5S. The number of rotatable bonds is 4. The molecule has 1 aromatic carbocycles. The Morgan fingerprint density at radius 1 is 1.13 bits per heavy atom. The minimum absolute atomic E-state index is 0.0714. The number of esters is 1. The summed E-state index contributed by atoms with van der Waals surface area (Å²) in [4.78, 5) is 58.6. The number of H-pyrrole nitrogens is 1. The lowest BCUT2D eigenvalue weighted by Gasteiger charge is -2.12. The summed E-state index contributed by atoms with van der Waals surface area (Å²) >= 11 is 13.2. The van der Waals surface area contributed by atoms with Crippen LogP contribution in [0.4, 0.5) is 0 Å². The van der Waals surface area contributed by atoms with Crippen molar-refractivity contribution in [1.82, 2.24) is 14.9 Å². The molecule has 0 bridgehead atoms. The van der Waals surface area contributed by atoms with E-state index in [1.807, 2.05) is 13.8 Å². The first-order chi connectivity index (χ1) is 14.2.